The van der Waals surface area contributed by atoms with Crippen LogP contribution in [0.4, 0.5) is 5.69 Å². The Morgan fingerprint density at radius 1 is 0.542 bits per heavy atom. The zero-order chi connectivity index (χ0) is 40.9. The third kappa shape index (κ3) is 6.67. The number of nitrogens with zero attached hydrogens (tertiary/aromatic N) is 5. The molecule has 0 saturated heterocycles. The summed E-state index contributed by atoms with van der Waals surface area (Å²) in [5.74, 6) is 1.20. The molecule has 59 heavy (non-hydrogen) atoms. The Bertz CT molecular complexity index is 2640. The molecule has 0 bridgehead atoms. The molecule has 1 aliphatic heterocycles. The Kier molecular flexibility index (Phi) is 10.1. The number of aromatic nitrogens is 3. The van der Waals surface area contributed by atoms with Gasteiger partial charge in [0.2, 0.25) is 5.62 Å². The first-order valence-corrected chi connectivity index (χ1v) is 21.5. The molecule has 5 heteroatoms. The van der Waals surface area contributed by atoms with Crippen LogP contribution in [0.1, 0.15) is 118 Å². The first-order valence-electron chi connectivity index (χ1n) is 21.5. The lowest BCUT2D eigenvalue weighted by Gasteiger charge is -2.27. The summed E-state index contributed by atoms with van der Waals surface area (Å²) < 4.78 is 4.83. The van der Waals surface area contributed by atoms with Crippen molar-refractivity contribution in [3.63, 3.8) is 0 Å². The van der Waals surface area contributed by atoms with Gasteiger partial charge in [-0.25, -0.2) is 4.98 Å². The van der Waals surface area contributed by atoms with E-state index in [2.05, 4.69) is 215 Å². The second-order valence-electron chi connectivity index (χ2n) is 17.5. The number of hydrogen-bond acceptors (Lipinski definition) is 3. The Labute approximate surface area is 349 Å². The molecule has 1 aliphatic carbocycles. The first kappa shape index (κ1) is 38.3. The van der Waals surface area contributed by atoms with Gasteiger partial charge in [0.25, 0.3) is 0 Å². The smallest absolute Gasteiger partial charge is 0.239 e. The molecule has 2 unspecified atom stereocenters. The van der Waals surface area contributed by atoms with Crippen LogP contribution in [0.5, 0.6) is 0 Å². The molecule has 296 valence electrons. The number of rotatable bonds is 9. The number of imidazole rings is 1. The largest absolute Gasteiger partial charge is 0.275 e. The van der Waals surface area contributed by atoms with Crippen LogP contribution in [0.2, 0.25) is 0 Å². The maximum atomic E-state index is 6.01. The van der Waals surface area contributed by atoms with E-state index in [4.69, 9.17) is 10.1 Å². The Morgan fingerprint density at radius 2 is 1.10 bits per heavy atom. The molecule has 5 nitrogen and oxygen atoms in total. The van der Waals surface area contributed by atoms with Crippen molar-refractivity contribution in [2.24, 2.45) is 5.10 Å². The highest BCUT2D eigenvalue weighted by Crippen LogP contribution is 2.47. The van der Waals surface area contributed by atoms with Gasteiger partial charge >= 0.3 is 0 Å². The summed E-state index contributed by atoms with van der Waals surface area (Å²) in [6.45, 7) is 18.4. The summed E-state index contributed by atoms with van der Waals surface area (Å²) in [4.78, 5) is 5.24. The van der Waals surface area contributed by atoms with Gasteiger partial charge in [-0.3, -0.25) is 14.1 Å². The number of anilines is 1. The summed E-state index contributed by atoms with van der Waals surface area (Å²) in [6, 6.07) is 46.3. The number of fused-ring (bicyclic) bond motifs is 4. The van der Waals surface area contributed by atoms with Gasteiger partial charge in [-0.15, -0.1) is 5.10 Å². The van der Waals surface area contributed by atoms with Gasteiger partial charge in [0.1, 0.15) is 0 Å². The lowest BCUT2D eigenvalue weighted by atomic mass is 9.85. The maximum Gasteiger partial charge on any atom is 0.239 e. The third-order valence-electron chi connectivity index (χ3n) is 12.3. The highest BCUT2D eigenvalue weighted by molar-refractivity contribution is 5.82. The zero-order valence-corrected chi connectivity index (χ0v) is 35.6. The minimum absolute atomic E-state index is 0.0359. The predicted molar refractivity (Wildman–Crippen MR) is 247 cm³/mol. The topological polar surface area (TPSA) is 38.4 Å². The molecule has 5 aromatic carbocycles. The van der Waals surface area contributed by atoms with Crippen molar-refractivity contribution in [3.8, 4) is 22.5 Å². The van der Waals surface area contributed by atoms with Crippen LogP contribution in [0.15, 0.2) is 157 Å². The minimum atomic E-state index is -0.0359. The SMILES string of the molecule is CC(C)c1cccc(C(C)C)c1-n1c(=NN2c3ccc(-c4ccccc4)cc3C3C=C(c4ccccc4)C=CC32)n(-c2c(C(C)C)cccc2C(C)C)c2ncccc21. The second kappa shape index (κ2) is 15.5. The van der Waals surface area contributed by atoms with Gasteiger partial charge in [0.15, 0.2) is 5.65 Å². The van der Waals surface area contributed by atoms with E-state index in [0.717, 1.165) is 22.5 Å². The van der Waals surface area contributed by atoms with E-state index in [-0.39, 0.29) is 35.6 Å². The summed E-state index contributed by atoms with van der Waals surface area (Å²) in [6.07, 6.45) is 9.06. The number of benzene rings is 5. The summed E-state index contributed by atoms with van der Waals surface area (Å²) in [7, 11) is 0. The number of hydrogen-bond donors (Lipinski definition) is 0. The van der Waals surface area contributed by atoms with Gasteiger partial charge in [-0.2, -0.15) is 0 Å². The molecule has 9 rings (SSSR count). The van der Waals surface area contributed by atoms with E-state index in [1.165, 1.54) is 61.5 Å². The van der Waals surface area contributed by atoms with Crippen LogP contribution in [0, 0.1) is 0 Å². The lowest BCUT2D eigenvalue weighted by Crippen LogP contribution is -2.36. The maximum absolute atomic E-state index is 6.01. The molecule has 0 saturated carbocycles. The van der Waals surface area contributed by atoms with E-state index in [0.29, 0.717) is 0 Å². The Morgan fingerprint density at radius 3 is 1.68 bits per heavy atom. The molecule has 0 N–H and O–H groups in total. The molecule has 2 aliphatic rings. The van der Waals surface area contributed by atoms with Gasteiger partial charge in [0, 0.05) is 12.1 Å². The highest BCUT2D eigenvalue weighted by atomic mass is 15.5. The quantitative estimate of drug-likeness (QED) is 0.147. The van der Waals surface area contributed by atoms with E-state index >= 15 is 0 Å². The number of pyridine rings is 1. The fourth-order valence-electron chi connectivity index (χ4n) is 9.31. The average molecular weight is 774 g/mol. The monoisotopic (exact) mass is 773 g/mol. The molecule has 0 spiro atoms. The van der Waals surface area contributed by atoms with Crippen molar-refractivity contribution in [1.82, 2.24) is 14.1 Å². The van der Waals surface area contributed by atoms with E-state index in [1.54, 1.807) is 0 Å². The molecule has 3 heterocycles. The third-order valence-corrected chi connectivity index (χ3v) is 12.3. The average Bonchev–Trinajstić information content (AvgIpc) is 3.74. The molecule has 0 amide bonds. The van der Waals surface area contributed by atoms with Crippen LogP contribution in [0.25, 0.3) is 39.2 Å². The van der Waals surface area contributed by atoms with Gasteiger partial charge in [0.05, 0.1) is 28.6 Å². The fraction of sp³-hybridized carbons (Fsp3) is 0.259. The summed E-state index contributed by atoms with van der Waals surface area (Å²) >= 11 is 0. The van der Waals surface area contributed by atoms with Crippen LogP contribution < -0.4 is 10.6 Å². The first-order chi connectivity index (χ1) is 28.6. The van der Waals surface area contributed by atoms with Crippen LogP contribution >= 0.6 is 0 Å². The lowest BCUT2D eigenvalue weighted by molar-refractivity contribution is 0.661. The van der Waals surface area contributed by atoms with E-state index in [1.807, 2.05) is 6.20 Å². The van der Waals surface area contributed by atoms with E-state index < -0.39 is 0 Å². The number of allylic oxidation sites excluding steroid dienone is 2. The van der Waals surface area contributed by atoms with Crippen molar-refractivity contribution in [2.45, 2.75) is 91.0 Å². The summed E-state index contributed by atoms with van der Waals surface area (Å²) in [5.41, 5.74) is 17.6. The highest BCUT2D eigenvalue weighted by Gasteiger charge is 2.39. The second-order valence-corrected chi connectivity index (χ2v) is 17.5. The van der Waals surface area contributed by atoms with Crippen LogP contribution in [0.3, 0.4) is 0 Å². The Hall–Kier alpha value is -6.20. The molecule has 7 aromatic rings. The van der Waals surface area contributed by atoms with Crippen molar-refractivity contribution >= 4 is 22.4 Å². The number of para-hydroxylation sites is 2. The van der Waals surface area contributed by atoms with Gasteiger partial charge < -0.3 is 0 Å². The normalized spacial score (nSPS) is 16.5. The van der Waals surface area contributed by atoms with Crippen LogP contribution in [-0.2, 0) is 0 Å². The molecule has 2 aromatic heterocycles. The standard InChI is InChI=1S/C54H55N5/c1-34(2)42-22-15-23-43(35(3)4)51(42)57-50-26-17-31-55-53(50)58(52-44(36(5)6)24-16-25-45(52)37(7)8)54(57)56-59-48-29-27-40(38-18-11-9-12-19-38)32-46(48)47-33-41(28-30-49(47)59)39-20-13-10-14-21-39/h9-37,46,48H,1-8H3. The molecule has 0 radical (unpaired) electrons. The summed E-state index contributed by atoms with van der Waals surface area (Å²) in [5, 5.41) is 8.32. The molecule has 0 fully saturated rings. The minimum Gasteiger partial charge on any atom is -0.275 e. The van der Waals surface area contributed by atoms with Gasteiger partial charge in [-0.05, 0) is 98.0 Å². The molecule has 2 atom stereocenters. The van der Waals surface area contributed by atoms with Crippen molar-refractivity contribution in [3.05, 3.63) is 191 Å². The van der Waals surface area contributed by atoms with Crippen LogP contribution in [-0.4, -0.2) is 20.2 Å². The fourth-order valence-corrected chi connectivity index (χ4v) is 9.31. The van der Waals surface area contributed by atoms with Gasteiger partial charge in [-0.1, -0.05) is 177 Å². The molecular weight excluding hydrogens is 719 g/mol. The van der Waals surface area contributed by atoms with E-state index in [9.17, 15) is 0 Å². The van der Waals surface area contributed by atoms with Crippen molar-refractivity contribution in [2.75, 3.05) is 5.01 Å². The molecular formula is C54H55N5. The Balaban J connectivity index is 1.41. The zero-order valence-electron chi connectivity index (χ0n) is 35.6. The van der Waals surface area contributed by atoms with Crippen molar-refractivity contribution < 1.29 is 0 Å². The van der Waals surface area contributed by atoms with Crippen molar-refractivity contribution in [1.29, 1.82) is 0 Å². The predicted octanol–water partition coefficient (Wildman–Crippen LogP) is 13.4.